The van der Waals surface area contributed by atoms with E-state index < -0.39 is 11.5 Å². The van der Waals surface area contributed by atoms with Gasteiger partial charge in [0.05, 0.1) is 12.5 Å². The maximum absolute atomic E-state index is 12.4. The first kappa shape index (κ1) is 28.6. The summed E-state index contributed by atoms with van der Waals surface area (Å²) in [4.78, 5) is 37.2. The Morgan fingerprint density at radius 1 is 0.825 bits per heavy atom. The van der Waals surface area contributed by atoms with E-state index in [9.17, 15) is 19.5 Å². The lowest BCUT2D eigenvalue weighted by Crippen LogP contribution is -2.47. The molecule has 1 aliphatic rings. The van der Waals surface area contributed by atoms with Crippen molar-refractivity contribution >= 4 is 29.2 Å². The molecule has 0 radical (unpaired) electrons. The van der Waals surface area contributed by atoms with Gasteiger partial charge in [0.2, 0.25) is 0 Å². The van der Waals surface area contributed by atoms with E-state index in [0.29, 0.717) is 25.3 Å². The number of hydrogen-bond acceptors (Lipinski definition) is 5. The quantitative estimate of drug-likeness (QED) is 0.196. The van der Waals surface area contributed by atoms with E-state index in [4.69, 9.17) is 9.47 Å². The van der Waals surface area contributed by atoms with Crippen molar-refractivity contribution in [2.45, 2.75) is 39.5 Å². The fourth-order valence-electron chi connectivity index (χ4n) is 4.61. The van der Waals surface area contributed by atoms with Crippen LogP contribution in [0.5, 0.6) is 5.75 Å². The average Bonchev–Trinajstić information content (AvgIpc) is 2.91. The summed E-state index contributed by atoms with van der Waals surface area (Å²) in [6, 6.07) is 25.5. The van der Waals surface area contributed by atoms with E-state index in [-0.39, 0.29) is 24.3 Å². The molecule has 1 N–H and O–H groups in total. The Morgan fingerprint density at radius 2 is 1.40 bits per heavy atom. The third-order valence-corrected chi connectivity index (χ3v) is 7.02. The number of carbonyl (C=O) groups excluding carboxylic acids is 2. The number of ether oxygens (including phenoxy) is 2. The summed E-state index contributed by atoms with van der Waals surface area (Å²) >= 11 is 0. The summed E-state index contributed by atoms with van der Waals surface area (Å²) in [6.07, 6.45) is -0.214. The molecule has 1 amide bonds. The highest BCUT2D eigenvalue weighted by Crippen LogP contribution is 2.37. The Morgan fingerprint density at radius 3 is 1.93 bits per heavy atom. The van der Waals surface area contributed by atoms with Crippen LogP contribution in [0, 0.1) is 5.41 Å². The van der Waals surface area contributed by atoms with Crippen LogP contribution >= 0.6 is 0 Å². The molecule has 40 heavy (non-hydrogen) atoms. The van der Waals surface area contributed by atoms with Crippen molar-refractivity contribution in [1.29, 1.82) is 0 Å². The molecule has 0 spiro atoms. The van der Waals surface area contributed by atoms with Crippen molar-refractivity contribution in [3.63, 3.8) is 0 Å². The van der Waals surface area contributed by atoms with Crippen LogP contribution in [0.2, 0.25) is 0 Å². The van der Waals surface area contributed by atoms with Crippen molar-refractivity contribution < 1.29 is 29.0 Å². The molecule has 1 saturated heterocycles. The van der Waals surface area contributed by atoms with Gasteiger partial charge in [0.15, 0.2) is 0 Å². The van der Waals surface area contributed by atoms with Crippen LogP contribution in [0.4, 0.5) is 4.79 Å². The minimum absolute atomic E-state index is 0.169. The number of esters is 2. The van der Waals surface area contributed by atoms with Gasteiger partial charge >= 0.3 is 18.0 Å². The molecular formula is C33H35NO6. The minimum atomic E-state index is -0.896. The molecule has 0 unspecified atom stereocenters. The maximum atomic E-state index is 12.4. The fourth-order valence-corrected chi connectivity index (χ4v) is 4.61. The first-order valence-electron chi connectivity index (χ1n) is 13.3. The molecule has 0 aromatic heterocycles. The molecular weight excluding hydrogens is 506 g/mol. The Balaban J connectivity index is 1.76. The molecule has 0 aliphatic carbocycles. The van der Waals surface area contributed by atoms with Gasteiger partial charge in [0.1, 0.15) is 5.75 Å². The first-order valence-corrected chi connectivity index (χ1v) is 13.3. The summed E-state index contributed by atoms with van der Waals surface area (Å²) in [7, 11) is 1.39. The molecule has 1 fully saturated rings. The van der Waals surface area contributed by atoms with Crippen LogP contribution in [-0.2, 0) is 14.3 Å². The minimum Gasteiger partial charge on any atom is -0.469 e. The molecule has 7 nitrogen and oxygen atoms in total. The number of nitrogens with zero attached hydrogens (tertiary/aromatic N) is 1. The van der Waals surface area contributed by atoms with Gasteiger partial charge in [-0.2, -0.15) is 0 Å². The molecule has 0 atom stereocenters. The van der Waals surface area contributed by atoms with Crippen molar-refractivity contribution in [2.75, 3.05) is 20.2 Å². The van der Waals surface area contributed by atoms with Crippen molar-refractivity contribution in [2.24, 2.45) is 5.41 Å². The zero-order chi connectivity index (χ0) is 28.9. The van der Waals surface area contributed by atoms with Gasteiger partial charge in [-0.1, -0.05) is 66.7 Å². The molecule has 208 valence electrons. The number of methoxy groups -OCH3 is 1. The normalized spacial score (nSPS) is 14.2. The van der Waals surface area contributed by atoms with Crippen molar-refractivity contribution in [3.8, 4) is 5.75 Å². The van der Waals surface area contributed by atoms with Gasteiger partial charge in [-0.15, -0.1) is 0 Å². The van der Waals surface area contributed by atoms with Crippen LogP contribution in [-0.4, -0.2) is 48.2 Å². The van der Waals surface area contributed by atoms with E-state index in [1.807, 2.05) is 87.5 Å². The molecule has 1 aliphatic heterocycles. The number of allylic oxidation sites excluding steroid dienone is 1. The zero-order valence-corrected chi connectivity index (χ0v) is 23.3. The van der Waals surface area contributed by atoms with E-state index in [0.717, 1.165) is 33.4 Å². The third kappa shape index (κ3) is 6.78. The van der Waals surface area contributed by atoms with Crippen molar-refractivity contribution in [1.82, 2.24) is 4.90 Å². The van der Waals surface area contributed by atoms with Crippen molar-refractivity contribution in [3.05, 3.63) is 101 Å². The molecule has 3 aromatic rings. The van der Waals surface area contributed by atoms with E-state index >= 15 is 0 Å². The lowest BCUT2D eigenvalue weighted by atomic mass is 9.85. The molecule has 0 bridgehead atoms. The van der Waals surface area contributed by atoms with Gasteiger partial charge < -0.3 is 19.5 Å². The van der Waals surface area contributed by atoms with Crippen LogP contribution in [0.25, 0.3) is 11.1 Å². The average molecular weight is 542 g/mol. The van der Waals surface area contributed by atoms with Crippen LogP contribution in [0.3, 0.4) is 0 Å². The van der Waals surface area contributed by atoms with Gasteiger partial charge in [-0.05, 0) is 72.7 Å². The second kappa shape index (κ2) is 12.2. The predicted octanol–water partition coefficient (Wildman–Crippen LogP) is 6.63. The van der Waals surface area contributed by atoms with E-state index in [1.54, 1.807) is 12.1 Å². The maximum Gasteiger partial charge on any atom is 0.407 e. The smallest absolute Gasteiger partial charge is 0.407 e. The SMILES string of the molecule is COC(=O)CCC(=C(c1ccc(OC(=O)C(C)(C)C)cc1)c1ccc(C2CN(C(=O)O)C2)cc1)c1ccccc1. The van der Waals surface area contributed by atoms with Gasteiger partial charge in [0, 0.05) is 25.4 Å². The number of likely N-dealkylation sites (tertiary alicyclic amines) is 1. The molecule has 4 rings (SSSR count). The highest BCUT2D eigenvalue weighted by Gasteiger charge is 2.31. The highest BCUT2D eigenvalue weighted by molar-refractivity contribution is 5.99. The van der Waals surface area contributed by atoms with Gasteiger partial charge in [-0.3, -0.25) is 9.59 Å². The van der Waals surface area contributed by atoms with Crippen LogP contribution < -0.4 is 4.74 Å². The number of amides is 1. The largest absolute Gasteiger partial charge is 0.469 e. The summed E-state index contributed by atoms with van der Waals surface area (Å²) in [5.41, 5.74) is 5.26. The Kier molecular flexibility index (Phi) is 8.73. The van der Waals surface area contributed by atoms with Gasteiger partial charge in [0.25, 0.3) is 0 Å². The number of carboxylic acid groups (broad SMARTS) is 1. The second-order valence-electron chi connectivity index (χ2n) is 11.0. The highest BCUT2D eigenvalue weighted by atomic mass is 16.5. The Labute approximate surface area is 235 Å². The monoisotopic (exact) mass is 541 g/mol. The van der Waals surface area contributed by atoms with Crippen LogP contribution in [0.1, 0.15) is 61.8 Å². The standard InChI is InChI=1S/C33H35NO6/c1-33(2,3)31(36)40-27-16-14-25(15-17-27)30(28(18-19-29(35)39-4)23-8-6-5-7-9-23)24-12-10-22(11-13-24)26-20-34(21-26)32(37)38/h5-17,26H,18-21H2,1-4H3,(H,37,38). The number of hydrogen-bond donors (Lipinski definition) is 1. The Bertz CT molecular complexity index is 1380. The van der Waals surface area contributed by atoms with E-state index in [1.165, 1.54) is 12.0 Å². The molecule has 7 heteroatoms. The van der Waals surface area contributed by atoms with E-state index in [2.05, 4.69) is 0 Å². The predicted molar refractivity (Wildman–Crippen MR) is 154 cm³/mol. The zero-order valence-electron chi connectivity index (χ0n) is 23.3. The molecule has 1 heterocycles. The molecule has 3 aromatic carbocycles. The lowest BCUT2D eigenvalue weighted by Gasteiger charge is -2.37. The number of carbonyl (C=O) groups is 3. The van der Waals surface area contributed by atoms with Crippen LogP contribution in [0.15, 0.2) is 78.9 Å². The lowest BCUT2D eigenvalue weighted by molar-refractivity contribution is -0.143. The number of rotatable bonds is 8. The Hall–Kier alpha value is -4.39. The first-order chi connectivity index (χ1) is 19.1. The number of benzene rings is 3. The van der Waals surface area contributed by atoms with Gasteiger partial charge in [-0.25, -0.2) is 4.79 Å². The third-order valence-electron chi connectivity index (χ3n) is 7.02. The second-order valence-corrected chi connectivity index (χ2v) is 11.0. The fraction of sp³-hybridized carbons (Fsp3) is 0.303. The summed E-state index contributed by atoms with van der Waals surface area (Å²) in [5.74, 6) is 0.0251. The summed E-state index contributed by atoms with van der Waals surface area (Å²) in [6.45, 7) is 6.40. The summed E-state index contributed by atoms with van der Waals surface area (Å²) < 4.78 is 10.5. The topological polar surface area (TPSA) is 93.1 Å². The summed E-state index contributed by atoms with van der Waals surface area (Å²) in [5, 5.41) is 9.18. The molecule has 0 saturated carbocycles.